The maximum absolute atomic E-state index is 12.7. The largest absolute Gasteiger partial charge is 0.378 e. The Morgan fingerprint density at radius 2 is 2.03 bits per heavy atom. The van der Waals surface area contributed by atoms with E-state index in [-0.39, 0.29) is 5.91 Å². The van der Waals surface area contributed by atoms with Gasteiger partial charge in [0.15, 0.2) is 0 Å². The van der Waals surface area contributed by atoms with Gasteiger partial charge in [-0.25, -0.2) is 0 Å². The summed E-state index contributed by atoms with van der Waals surface area (Å²) in [5.74, 6) is 2.75. The third kappa shape index (κ3) is 5.84. The Kier molecular flexibility index (Phi) is 7.24. The summed E-state index contributed by atoms with van der Waals surface area (Å²) in [6.45, 7) is 4.67. The SMILES string of the molecule is O=C(C[C@@H]1CCNC[C@@H]1Cc1cc(CSc2ccccc2)on1)N1CCOCC1. The molecule has 2 atom stereocenters. The molecular weight excluding hydrogens is 386 g/mol. The van der Waals surface area contributed by atoms with Crippen molar-refractivity contribution in [2.75, 3.05) is 39.4 Å². The van der Waals surface area contributed by atoms with Gasteiger partial charge in [-0.05, 0) is 49.9 Å². The van der Waals surface area contributed by atoms with Gasteiger partial charge in [-0.3, -0.25) is 4.79 Å². The van der Waals surface area contributed by atoms with Gasteiger partial charge < -0.3 is 19.5 Å². The molecule has 6 nitrogen and oxygen atoms in total. The molecule has 0 bridgehead atoms. The molecule has 2 aliphatic rings. The van der Waals surface area contributed by atoms with Crippen molar-refractivity contribution >= 4 is 17.7 Å². The average Bonchev–Trinajstić information content (AvgIpc) is 3.22. The predicted molar refractivity (Wildman–Crippen MR) is 113 cm³/mol. The minimum absolute atomic E-state index is 0.269. The van der Waals surface area contributed by atoms with Crippen molar-refractivity contribution in [2.24, 2.45) is 11.8 Å². The van der Waals surface area contributed by atoms with Gasteiger partial charge in [-0.15, -0.1) is 11.8 Å². The summed E-state index contributed by atoms with van der Waals surface area (Å²) in [7, 11) is 0. The first-order valence-electron chi connectivity index (χ1n) is 10.5. The van der Waals surface area contributed by atoms with Crippen molar-refractivity contribution in [3.63, 3.8) is 0 Å². The van der Waals surface area contributed by atoms with Gasteiger partial charge in [-0.1, -0.05) is 23.4 Å². The summed E-state index contributed by atoms with van der Waals surface area (Å²) >= 11 is 1.75. The molecule has 0 spiro atoms. The monoisotopic (exact) mass is 415 g/mol. The van der Waals surface area contributed by atoms with E-state index in [1.165, 1.54) is 4.90 Å². The number of piperidine rings is 1. The van der Waals surface area contributed by atoms with Crippen LogP contribution in [0.1, 0.15) is 24.3 Å². The second-order valence-electron chi connectivity index (χ2n) is 7.80. The van der Waals surface area contributed by atoms with Gasteiger partial charge in [0.05, 0.1) is 24.7 Å². The van der Waals surface area contributed by atoms with Crippen molar-refractivity contribution in [2.45, 2.75) is 29.9 Å². The number of hydrogen-bond donors (Lipinski definition) is 1. The molecule has 7 heteroatoms. The molecule has 156 valence electrons. The fraction of sp³-hybridized carbons (Fsp3) is 0.545. The molecular formula is C22H29N3O3S. The van der Waals surface area contributed by atoms with Crippen LogP contribution in [0.4, 0.5) is 0 Å². The van der Waals surface area contributed by atoms with Crippen molar-refractivity contribution in [3.05, 3.63) is 47.9 Å². The fourth-order valence-corrected chi connectivity index (χ4v) is 4.91. The van der Waals surface area contributed by atoms with Gasteiger partial charge in [0.2, 0.25) is 5.91 Å². The van der Waals surface area contributed by atoms with Crippen LogP contribution in [0.15, 0.2) is 45.8 Å². The highest BCUT2D eigenvalue weighted by molar-refractivity contribution is 7.98. The molecule has 2 fully saturated rings. The molecule has 0 unspecified atom stereocenters. The molecule has 3 heterocycles. The van der Waals surface area contributed by atoms with E-state index in [2.05, 4.69) is 28.7 Å². The number of benzene rings is 1. The molecule has 29 heavy (non-hydrogen) atoms. The van der Waals surface area contributed by atoms with Crippen LogP contribution in [-0.2, 0) is 21.7 Å². The Morgan fingerprint density at radius 3 is 2.86 bits per heavy atom. The number of aromatic nitrogens is 1. The predicted octanol–water partition coefficient (Wildman–Crippen LogP) is 2.98. The smallest absolute Gasteiger partial charge is 0.223 e. The highest BCUT2D eigenvalue weighted by Crippen LogP contribution is 2.28. The van der Waals surface area contributed by atoms with Crippen molar-refractivity contribution in [3.8, 4) is 0 Å². The Morgan fingerprint density at radius 1 is 1.21 bits per heavy atom. The van der Waals surface area contributed by atoms with Crippen LogP contribution in [0.2, 0.25) is 0 Å². The lowest BCUT2D eigenvalue weighted by Crippen LogP contribution is -2.44. The van der Waals surface area contributed by atoms with Crippen LogP contribution in [0.25, 0.3) is 0 Å². The molecule has 1 amide bonds. The number of amides is 1. The molecule has 2 saturated heterocycles. The molecule has 0 saturated carbocycles. The quantitative estimate of drug-likeness (QED) is 0.702. The number of morpholine rings is 1. The van der Waals surface area contributed by atoms with Crippen molar-refractivity contribution in [1.82, 2.24) is 15.4 Å². The number of carbonyl (C=O) groups excluding carboxylic acids is 1. The third-order valence-corrected chi connectivity index (χ3v) is 6.80. The topological polar surface area (TPSA) is 67.6 Å². The Hall–Kier alpha value is -1.83. The Balaban J connectivity index is 1.31. The van der Waals surface area contributed by atoms with Crippen LogP contribution in [-0.4, -0.2) is 55.4 Å². The summed E-state index contributed by atoms with van der Waals surface area (Å²) in [6, 6.07) is 12.4. The van der Waals surface area contributed by atoms with Gasteiger partial charge in [-0.2, -0.15) is 0 Å². The second-order valence-corrected chi connectivity index (χ2v) is 8.85. The minimum Gasteiger partial charge on any atom is -0.378 e. The zero-order valence-electron chi connectivity index (χ0n) is 16.7. The minimum atomic E-state index is 0.269. The van der Waals surface area contributed by atoms with Crippen LogP contribution < -0.4 is 5.32 Å². The summed E-state index contributed by atoms with van der Waals surface area (Å²) in [6.07, 6.45) is 2.52. The molecule has 1 aromatic heterocycles. The van der Waals surface area contributed by atoms with Crippen molar-refractivity contribution in [1.29, 1.82) is 0 Å². The van der Waals surface area contributed by atoms with E-state index in [1.807, 2.05) is 23.1 Å². The normalized spacial score (nSPS) is 22.6. The number of rotatable bonds is 7. The number of hydrogen-bond acceptors (Lipinski definition) is 6. The second kappa shape index (κ2) is 10.3. The molecule has 1 aromatic carbocycles. The zero-order chi connectivity index (χ0) is 19.9. The first kappa shape index (κ1) is 20.4. The lowest BCUT2D eigenvalue weighted by atomic mass is 9.81. The zero-order valence-corrected chi connectivity index (χ0v) is 17.5. The number of ether oxygens (including phenoxy) is 1. The maximum Gasteiger partial charge on any atom is 0.223 e. The standard InChI is InChI=1S/C22H29N3O3S/c26-22(25-8-10-27-11-9-25)13-17-6-7-23-15-18(17)12-19-14-20(28-24-19)16-29-21-4-2-1-3-5-21/h1-5,14,17-18,23H,6-13,15-16H2/t17-,18-/m0/s1. The molecule has 0 radical (unpaired) electrons. The van der Waals surface area contributed by atoms with E-state index >= 15 is 0 Å². The lowest BCUT2D eigenvalue weighted by Gasteiger charge is -2.34. The number of nitrogens with zero attached hydrogens (tertiary/aromatic N) is 2. The van der Waals surface area contributed by atoms with Gasteiger partial charge in [0, 0.05) is 30.5 Å². The summed E-state index contributed by atoms with van der Waals surface area (Å²) in [5.41, 5.74) is 0.992. The van der Waals surface area contributed by atoms with Crippen LogP contribution in [0.5, 0.6) is 0 Å². The third-order valence-electron chi connectivity index (χ3n) is 5.77. The summed E-state index contributed by atoms with van der Waals surface area (Å²) < 4.78 is 10.9. The Bertz CT molecular complexity index is 777. The van der Waals surface area contributed by atoms with Gasteiger partial charge in [0.25, 0.3) is 0 Å². The van der Waals surface area contributed by atoms with Gasteiger partial charge in [0.1, 0.15) is 5.76 Å². The number of thioether (sulfide) groups is 1. The molecule has 2 aliphatic heterocycles. The van der Waals surface area contributed by atoms with E-state index in [9.17, 15) is 4.79 Å². The van der Waals surface area contributed by atoms with Crippen LogP contribution >= 0.6 is 11.8 Å². The summed E-state index contributed by atoms with van der Waals surface area (Å²) in [5, 5.41) is 7.78. The van der Waals surface area contributed by atoms with Gasteiger partial charge >= 0.3 is 0 Å². The average molecular weight is 416 g/mol. The number of carbonyl (C=O) groups is 1. The van der Waals surface area contributed by atoms with Crippen molar-refractivity contribution < 1.29 is 14.1 Å². The Labute approximate surface area is 176 Å². The molecule has 4 rings (SSSR count). The van der Waals surface area contributed by atoms with E-state index < -0.39 is 0 Å². The lowest BCUT2D eigenvalue weighted by molar-refractivity contribution is -0.136. The van der Waals surface area contributed by atoms with E-state index in [0.717, 1.165) is 56.2 Å². The number of nitrogens with one attached hydrogen (secondary N) is 1. The van der Waals surface area contributed by atoms with Crippen LogP contribution in [0.3, 0.4) is 0 Å². The molecule has 0 aliphatic carbocycles. The van der Waals surface area contributed by atoms with E-state index in [0.29, 0.717) is 31.5 Å². The summed E-state index contributed by atoms with van der Waals surface area (Å²) in [4.78, 5) is 15.9. The van der Waals surface area contributed by atoms with Crippen LogP contribution in [0, 0.1) is 11.8 Å². The molecule has 1 N–H and O–H groups in total. The maximum atomic E-state index is 12.7. The highest BCUT2D eigenvalue weighted by Gasteiger charge is 2.30. The fourth-order valence-electron chi connectivity index (χ4n) is 4.11. The van der Waals surface area contributed by atoms with E-state index in [1.54, 1.807) is 11.8 Å². The highest BCUT2D eigenvalue weighted by atomic mass is 32.2. The first-order chi connectivity index (χ1) is 14.3. The van der Waals surface area contributed by atoms with E-state index in [4.69, 9.17) is 9.26 Å². The molecule has 2 aromatic rings. The first-order valence-corrected chi connectivity index (χ1v) is 11.4.